The second-order valence-electron chi connectivity index (χ2n) is 4.70. The van der Waals surface area contributed by atoms with Gasteiger partial charge in [0.05, 0.1) is 0 Å². The number of nitrogens with zero attached hydrogens (tertiary/aromatic N) is 2. The molecule has 100 valence electrons. The Bertz CT molecular complexity index is 391. The van der Waals surface area contributed by atoms with Crippen molar-refractivity contribution in [2.24, 2.45) is 5.92 Å². The Morgan fingerprint density at radius 3 is 2.67 bits per heavy atom. The van der Waals surface area contributed by atoms with Crippen LogP contribution in [0.3, 0.4) is 0 Å². The third kappa shape index (κ3) is 3.19. The van der Waals surface area contributed by atoms with Crippen molar-refractivity contribution in [2.75, 3.05) is 18.5 Å². The summed E-state index contributed by atoms with van der Waals surface area (Å²) in [6.07, 6.45) is 3.48. The second-order valence-corrected chi connectivity index (χ2v) is 4.70. The summed E-state index contributed by atoms with van der Waals surface area (Å²) in [5, 5.41) is 3.27. The highest BCUT2D eigenvalue weighted by Gasteiger charge is 2.35. The van der Waals surface area contributed by atoms with Crippen molar-refractivity contribution >= 4 is 5.82 Å². The number of anilines is 1. The molecule has 1 saturated carbocycles. The lowest BCUT2D eigenvalue weighted by Crippen LogP contribution is -2.14. The minimum Gasteiger partial charge on any atom is -0.370 e. The maximum absolute atomic E-state index is 5.83. The highest BCUT2D eigenvalue weighted by Crippen LogP contribution is 2.42. The number of ether oxygens (including phenoxy) is 1. The monoisotopic (exact) mass is 249 g/mol. The van der Waals surface area contributed by atoms with E-state index in [4.69, 9.17) is 4.74 Å². The molecule has 18 heavy (non-hydrogen) atoms. The molecular formula is C14H23N3O. The summed E-state index contributed by atoms with van der Waals surface area (Å²) in [7, 11) is 0. The van der Waals surface area contributed by atoms with E-state index < -0.39 is 0 Å². The van der Waals surface area contributed by atoms with Gasteiger partial charge in [0.25, 0.3) is 0 Å². The van der Waals surface area contributed by atoms with E-state index in [0.717, 1.165) is 36.9 Å². The number of aryl methyl sites for hydroxylation is 1. The lowest BCUT2D eigenvalue weighted by atomic mass is 10.2. The fourth-order valence-corrected chi connectivity index (χ4v) is 2.10. The Labute approximate surface area is 109 Å². The molecule has 1 heterocycles. The average molecular weight is 249 g/mol. The van der Waals surface area contributed by atoms with E-state index in [9.17, 15) is 0 Å². The molecule has 0 saturated heterocycles. The highest BCUT2D eigenvalue weighted by atomic mass is 16.5. The first-order valence-electron chi connectivity index (χ1n) is 7.01. The van der Waals surface area contributed by atoms with Crippen molar-refractivity contribution in [3.05, 3.63) is 17.6 Å². The van der Waals surface area contributed by atoms with Gasteiger partial charge in [0, 0.05) is 24.9 Å². The van der Waals surface area contributed by atoms with Crippen LogP contribution in [0.1, 0.15) is 51.2 Å². The van der Waals surface area contributed by atoms with Gasteiger partial charge in [0.2, 0.25) is 0 Å². The van der Waals surface area contributed by atoms with Crippen LogP contribution >= 0.6 is 0 Å². The van der Waals surface area contributed by atoms with Gasteiger partial charge in [-0.25, -0.2) is 9.97 Å². The molecule has 1 aliphatic rings. The van der Waals surface area contributed by atoms with Crippen molar-refractivity contribution in [1.29, 1.82) is 0 Å². The van der Waals surface area contributed by atoms with E-state index in [0.29, 0.717) is 5.92 Å². The van der Waals surface area contributed by atoms with Gasteiger partial charge in [0.15, 0.2) is 5.82 Å². The van der Waals surface area contributed by atoms with Crippen molar-refractivity contribution in [1.82, 2.24) is 9.97 Å². The fraction of sp³-hybridized carbons (Fsp3) is 0.714. The van der Waals surface area contributed by atoms with Crippen LogP contribution in [0, 0.1) is 5.92 Å². The fourth-order valence-electron chi connectivity index (χ4n) is 2.10. The van der Waals surface area contributed by atoms with E-state index in [1.165, 1.54) is 12.8 Å². The zero-order chi connectivity index (χ0) is 13.0. The zero-order valence-electron chi connectivity index (χ0n) is 11.6. The molecular weight excluding hydrogens is 226 g/mol. The summed E-state index contributed by atoms with van der Waals surface area (Å²) < 4.78 is 5.83. The first kappa shape index (κ1) is 13.3. The zero-order valence-corrected chi connectivity index (χ0v) is 11.6. The summed E-state index contributed by atoms with van der Waals surface area (Å²) >= 11 is 0. The first-order valence-corrected chi connectivity index (χ1v) is 7.01. The number of hydrogen-bond donors (Lipinski definition) is 1. The molecule has 1 aromatic heterocycles. The molecule has 1 atom stereocenters. The normalized spacial score (nSPS) is 16.6. The molecule has 4 heteroatoms. The van der Waals surface area contributed by atoms with Crippen LogP contribution in [0.2, 0.25) is 0 Å². The molecule has 0 radical (unpaired) electrons. The molecule has 0 amide bonds. The van der Waals surface area contributed by atoms with Crippen molar-refractivity contribution < 1.29 is 4.74 Å². The molecule has 1 aliphatic carbocycles. The third-order valence-electron chi connectivity index (χ3n) is 3.17. The molecule has 4 nitrogen and oxygen atoms in total. The molecule has 0 bridgehead atoms. The second kappa shape index (κ2) is 6.14. The van der Waals surface area contributed by atoms with Gasteiger partial charge >= 0.3 is 0 Å². The number of rotatable bonds is 7. The summed E-state index contributed by atoms with van der Waals surface area (Å²) in [6.45, 7) is 7.83. The minimum absolute atomic E-state index is 0.0823. The van der Waals surface area contributed by atoms with Crippen LogP contribution in [0.5, 0.6) is 0 Å². The highest BCUT2D eigenvalue weighted by molar-refractivity contribution is 5.36. The Hall–Kier alpha value is -1.16. The average Bonchev–Trinajstić information content (AvgIpc) is 3.20. The van der Waals surface area contributed by atoms with E-state index in [-0.39, 0.29) is 6.10 Å². The quantitative estimate of drug-likeness (QED) is 0.807. The summed E-state index contributed by atoms with van der Waals surface area (Å²) in [5.74, 6) is 2.39. The van der Waals surface area contributed by atoms with Gasteiger partial charge in [-0.05, 0) is 39.0 Å². The van der Waals surface area contributed by atoms with Gasteiger partial charge in [-0.2, -0.15) is 0 Å². The standard InChI is InChI=1S/C14H23N3O/c1-4-11-9-12(15-5-2)17-14(16-11)13(18-6-3)10-7-8-10/h9-10,13H,4-8H2,1-3H3,(H,15,16,17). The van der Waals surface area contributed by atoms with E-state index in [1.54, 1.807) is 0 Å². The van der Waals surface area contributed by atoms with Crippen LogP contribution in [0.4, 0.5) is 5.82 Å². The van der Waals surface area contributed by atoms with Crippen LogP contribution in [-0.2, 0) is 11.2 Å². The van der Waals surface area contributed by atoms with Crippen LogP contribution in [-0.4, -0.2) is 23.1 Å². The van der Waals surface area contributed by atoms with E-state index in [1.807, 2.05) is 13.0 Å². The third-order valence-corrected chi connectivity index (χ3v) is 3.17. The molecule has 1 aromatic rings. The smallest absolute Gasteiger partial charge is 0.160 e. The van der Waals surface area contributed by atoms with E-state index in [2.05, 4.69) is 29.1 Å². The molecule has 2 rings (SSSR count). The van der Waals surface area contributed by atoms with Gasteiger partial charge in [-0.3, -0.25) is 0 Å². The number of aromatic nitrogens is 2. The maximum Gasteiger partial charge on any atom is 0.160 e. The van der Waals surface area contributed by atoms with Gasteiger partial charge in [0.1, 0.15) is 11.9 Å². The van der Waals surface area contributed by atoms with Gasteiger partial charge in [-0.1, -0.05) is 6.92 Å². The molecule has 0 aromatic carbocycles. The summed E-state index contributed by atoms with van der Waals surface area (Å²) in [5.41, 5.74) is 1.08. The predicted octanol–water partition coefficient (Wildman–Crippen LogP) is 2.96. The van der Waals surface area contributed by atoms with Crippen molar-refractivity contribution in [2.45, 2.75) is 46.1 Å². The van der Waals surface area contributed by atoms with Crippen LogP contribution < -0.4 is 5.32 Å². The Balaban J connectivity index is 2.25. The molecule has 1 N–H and O–H groups in total. The largest absolute Gasteiger partial charge is 0.370 e. The number of nitrogens with one attached hydrogen (secondary N) is 1. The Kier molecular flexibility index (Phi) is 4.53. The Morgan fingerprint density at radius 2 is 2.11 bits per heavy atom. The van der Waals surface area contributed by atoms with Gasteiger partial charge < -0.3 is 10.1 Å². The molecule has 1 unspecified atom stereocenters. The Morgan fingerprint density at radius 1 is 1.33 bits per heavy atom. The van der Waals surface area contributed by atoms with Crippen molar-refractivity contribution in [3.8, 4) is 0 Å². The molecule has 0 spiro atoms. The SMILES string of the molecule is CCNc1cc(CC)nc(C(OCC)C2CC2)n1. The topological polar surface area (TPSA) is 47.0 Å². The lowest BCUT2D eigenvalue weighted by molar-refractivity contribution is 0.0400. The van der Waals surface area contributed by atoms with Crippen LogP contribution in [0.25, 0.3) is 0 Å². The maximum atomic E-state index is 5.83. The molecule has 1 fully saturated rings. The predicted molar refractivity (Wildman–Crippen MR) is 72.7 cm³/mol. The lowest BCUT2D eigenvalue weighted by Gasteiger charge is -2.17. The summed E-state index contributed by atoms with van der Waals surface area (Å²) in [4.78, 5) is 9.24. The van der Waals surface area contributed by atoms with E-state index >= 15 is 0 Å². The number of hydrogen-bond acceptors (Lipinski definition) is 4. The van der Waals surface area contributed by atoms with Crippen molar-refractivity contribution in [3.63, 3.8) is 0 Å². The summed E-state index contributed by atoms with van der Waals surface area (Å²) in [6, 6.07) is 2.03. The van der Waals surface area contributed by atoms with Crippen LogP contribution in [0.15, 0.2) is 6.07 Å². The minimum atomic E-state index is 0.0823. The van der Waals surface area contributed by atoms with Gasteiger partial charge in [-0.15, -0.1) is 0 Å². The molecule has 0 aliphatic heterocycles. The first-order chi connectivity index (χ1) is 8.78.